The Morgan fingerprint density at radius 2 is 2.00 bits per heavy atom. The maximum atomic E-state index is 13.6. The highest BCUT2D eigenvalue weighted by molar-refractivity contribution is 5.58. The average Bonchev–Trinajstić information content (AvgIpc) is 2.44. The summed E-state index contributed by atoms with van der Waals surface area (Å²) in [6.45, 7) is 2.59. The number of rotatable bonds is 5. The summed E-state index contributed by atoms with van der Waals surface area (Å²) in [6, 6.07) is 7.14. The highest BCUT2D eigenvalue weighted by Crippen LogP contribution is 2.20. The predicted molar refractivity (Wildman–Crippen MR) is 72.4 cm³/mol. The van der Waals surface area contributed by atoms with E-state index in [1.165, 1.54) is 0 Å². The molecular formula is C13H15FN4O. The van der Waals surface area contributed by atoms with E-state index in [0.717, 1.165) is 17.6 Å². The average molecular weight is 262 g/mol. The first-order valence-corrected chi connectivity index (χ1v) is 5.90. The van der Waals surface area contributed by atoms with Crippen LogP contribution in [0.2, 0.25) is 0 Å². The third-order valence-electron chi connectivity index (χ3n) is 2.43. The van der Waals surface area contributed by atoms with E-state index in [1.807, 2.05) is 6.92 Å². The molecule has 2 aromatic rings. The number of halogens is 1. The van der Waals surface area contributed by atoms with Crippen LogP contribution in [0.4, 0.5) is 21.8 Å². The van der Waals surface area contributed by atoms with Crippen molar-refractivity contribution in [2.24, 2.45) is 0 Å². The van der Waals surface area contributed by atoms with Crippen LogP contribution in [0.1, 0.15) is 6.92 Å². The summed E-state index contributed by atoms with van der Waals surface area (Å²) in [5.74, 6) is 0.760. The van der Waals surface area contributed by atoms with Gasteiger partial charge in [-0.2, -0.15) is 4.98 Å². The molecule has 6 heteroatoms. The van der Waals surface area contributed by atoms with Crippen LogP contribution in [-0.4, -0.2) is 23.6 Å². The van der Waals surface area contributed by atoms with Gasteiger partial charge in [0.2, 0.25) is 5.95 Å². The Kier molecular flexibility index (Phi) is 4.12. The van der Waals surface area contributed by atoms with Crippen molar-refractivity contribution in [1.29, 1.82) is 0 Å². The zero-order valence-corrected chi connectivity index (χ0v) is 10.8. The van der Waals surface area contributed by atoms with Gasteiger partial charge in [-0.3, -0.25) is 0 Å². The Bertz CT molecular complexity index is 545. The molecule has 100 valence electrons. The summed E-state index contributed by atoms with van der Waals surface area (Å²) < 4.78 is 18.7. The smallest absolute Gasteiger partial charge is 0.224 e. The maximum Gasteiger partial charge on any atom is 0.224 e. The van der Waals surface area contributed by atoms with Crippen molar-refractivity contribution >= 4 is 17.5 Å². The van der Waals surface area contributed by atoms with Crippen LogP contribution in [0.25, 0.3) is 0 Å². The molecule has 0 aliphatic carbocycles. The minimum Gasteiger partial charge on any atom is -0.497 e. The molecule has 19 heavy (non-hydrogen) atoms. The van der Waals surface area contributed by atoms with Gasteiger partial charge in [0, 0.05) is 12.2 Å². The molecule has 1 aromatic carbocycles. The van der Waals surface area contributed by atoms with Crippen LogP contribution in [0.3, 0.4) is 0 Å². The molecule has 0 saturated carbocycles. The topological polar surface area (TPSA) is 59.1 Å². The first-order chi connectivity index (χ1) is 9.22. The third-order valence-corrected chi connectivity index (χ3v) is 2.43. The zero-order chi connectivity index (χ0) is 13.7. The van der Waals surface area contributed by atoms with E-state index in [2.05, 4.69) is 20.6 Å². The van der Waals surface area contributed by atoms with E-state index in [-0.39, 0.29) is 5.82 Å². The van der Waals surface area contributed by atoms with Gasteiger partial charge >= 0.3 is 0 Å². The maximum absolute atomic E-state index is 13.6. The van der Waals surface area contributed by atoms with Gasteiger partial charge < -0.3 is 15.4 Å². The third kappa shape index (κ3) is 3.31. The number of anilines is 3. The van der Waals surface area contributed by atoms with Crippen LogP contribution in [0.15, 0.2) is 30.5 Å². The minimum absolute atomic E-state index is 0.135. The molecule has 0 aliphatic rings. The van der Waals surface area contributed by atoms with Crippen molar-refractivity contribution in [3.63, 3.8) is 0 Å². The van der Waals surface area contributed by atoms with Crippen LogP contribution in [-0.2, 0) is 0 Å². The molecule has 1 heterocycles. The van der Waals surface area contributed by atoms with Gasteiger partial charge in [-0.25, -0.2) is 9.37 Å². The van der Waals surface area contributed by atoms with Crippen molar-refractivity contribution in [3.05, 3.63) is 36.3 Å². The summed E-state index contributed by atoms with van der Waals surface area (Å²) in [5, 5.41) is 5.83. The Morgan fingerprint density at radius 1 is 1.26 bits per heavy atom. The fourth-order valence-corrected chi connectivity index (χ4v) is 1.51. The summed E-state index contributed by atoms with van der Waals surface area (Å²) in [4.78, 5) is 7.90. The molecule has 0 unspecified atom stereocenters. The van der Waals surface area contributed by atoms with E-state index < -0.39 is 5.82 Å². The minimum atomic E-state index is -0.502. The number of nitrogens with zero attached hydrogens (tertiary/aromatic N) is 2. The summed E-state index contributed by atoms with van der Waals surface area (Å²) in [6.07, 6.45) is 1.14. The van der Waals surface area contributed by atoms with Crippen LogP contribution < -0.4 is 15.4 Å². The normalized spacial score (nSPS) is 10.1. The lowest BCUT2D eigenvalue weighted by Crippen LogP contribution is -2.05. The number of hydrogen-bond acceptors (Lipinski definition) is 5. The van der Waals surface area contributed by atoms with Crippen molar-refractivity contribution in [2.45, 2.75) is 6.92 Å². The van der Waals surface area contributed by atoms with Gasteiger partial charge in [0.15, 0.2) is 11.6 Å². The fraction of sp³-hybridized carbons (Fsp3) is 0.231. The monoisotopic (exact) mass is 262 g/mol. The molecule has 0 bridgehead atoms. The molecule has 1 aromatic heterocycles. The fourth-order valence-electron chi connectivity index (χ4n) is 1.51. The molecule has 0 amide bonds. The van der Waals surface area contributed by atoms with Crippen LogP contribution in [0, 0.1) is 5.82 Å². The molecule has 0 radical (unpaired) electrons. The lowest BCUT2D eigenvalue weighted by Gasteiger charge is -2.09. The predicted octanol–water partition coefficient (Wildman–Crippen LogP) is 2.80. The second-order valence-corrected chi connectivity index (χ2v) is 3.77. The first kappa shape index (κ1) is 13.1. The Hall–Kier alpha value is -2.37. The number of methoxy groups -OCH3 is 1. The summed E-state index contributed by atoms with van der Waals surface area (Å²) >= 11 is 0. The SMILES string of the molecule is CCNc1ncc(F)c(Nc2ccc(OC)cc2)n1. The van der Waals surface area contributed by atoms with Crippen molar-refractivity contribution < 1.29 is 9.13 Å². The standard InChI is InChI=1S/C13H15FN4O/c1-3-15-13-16-8-11(14)12(18-13)17-9-4-6-10(19-2)7-5-9/h4-8H,3H2,1-2H3,(H2,15,16,17,18). The number of benzene rings is 1. The van der Waals surface area contributed by atoms with E-state index in [0.29, 0.717) is 12.5 Å². The largest absolute Gasteiger partial charge is 0.497 e. The van der Waals surface area contributed by atoms with Gasteiger partial charge in [0.25, 0.3) is 0 Å². The van der Waals surface area contributed by atoms with Crippen molar-refractivity contribution in [2.75, 3.05) is 24.3 Å². The first-order valence-electron chi connectivity index (χ1n) is 5.90. The molecule has 0 aliphatic heterocycles. The molecule has 2 N–H and O–H groups in total. The molecule has 5 nitrogen and oxygen atoms in total. The van der Waals surface area contributed by atoms with Crippen molar-refractivity contribution in [1.82, 2.24) is 9.97 Å². The van der Waals surface area contributed by atoms with Crippen LogP contribution >= 0.6 is 0 Å². The van der Waals surface area contributed by atoms with E-state index in [9.17, 15) is 4.39 Å². The highest BCUT2D eigenvalue weighted by atomic mass is 19.1. The van der Waals surface area contributed by atoms with Gasteiger partial charge in [-0.15, -0.1) is 0 Å². The van der Waals surface area contributed by atoms with E-state index in [1.54, 1.807) is 31.4 Å². The van der Waals surface area contributed by atoms with E-state index in [4.69, 9.17) is 4.74 Å². The molecule has 0 fully saturated rings. The van der Waals surface area contributed by atoms with E-state index >= 15 is 0 Å². The lowest BCUT2D eigenvalue weighted by atomic mass is 10.3. The molecule has 0 spiro atoms. The van der Waals surface area contributed by atoms with Gasteiger partial charge in [-0.05, 0) is 31.2 Å². The number of aromatic nitrogens is 2. The summed E-state index contributed by atoms with van der Waals surface area (Å²) in [5.41, 5.74) is 0.723. The lowest BCUT2D eigenvalue weighted by molar-refractivity contribution is 0.415. The number of nitrogens with one attached hydrogen (secondary N) is 2. The number of ether oxygens (including phenoxy) is 1. The van der Waals surface area contributed by atoms with Crippen molar-refractivity contribution in [3.8, 4) is 5.75 Å². The van der Waals surface area contributed by atoms with Gasteiger partial charge in [0.1, 0.15) is 5.75 Å². The molecule has 0 atom stereocenters. The quantitative estimate of drug-likeness (QED) is 0.867. The molecular weight excluding hydrogens is 247 g/mol. The second kappa shape index (κ2) is 5.99. The zero-order valence-electron chi connectivity index (χ0n) is 10.8. The Balaban J connectivity index is 2.18. The molecule has 0 saturated heterocycles. The Morgan fingerprint density at radius 3 is 2.63 bits per heavy atom. The van der Waals surface area contributed by atoms with Crippen LogP contribution in [0.5, 0.6) is 5.75 Å². The Labute approximate surface area is 110 Å². The molecule has 2 rings (SSSR count). The van der Waals surface area contributed by atoms with Gasteiger partial charge in [0.05, 0.1) is 13.3 Å². The number of hydrogen-bond donors (Lipinski definition) is 2. The summed E-state index contributed by atoms with van der Waals surface area (Å²) in [7, 11) is 1.59. The second-order valence-electron chi connectivity index (χ2n) is 3.77. The van der Waals surface area contributed by atoms with Gasteiger partial charge in [-0.1, -0.05) is 0 Å². The highest BCUT2D eigenvalue weighted by Gasteiger charge is 2.06.